The highest BCUT2D eigenvalue weighted by Gasteiger charge is 1.94. The Morgan fingerprint density at radius 3 is 1.33 bits per heavy atom. The topological polar surface area (TPSA) is 0 Å². The summed E-state index contributed by atoms with van der Waals surface area (Å²) in [5.74, 6) is 0. The quantitative estimate of drug-likeness (QED) is 0.550. The molecule has 0 unspecified atom stereocenters. The Kier molecular flexibility index (Phi) is 13.8. The van der Waals surface area contributed by atoms with Crippen LogP contribution >= 0.6 is 11.8 Å². The summed E-state index contributed by atoms with van der Waals surface area (Å²) in [6.45, 7) is 18.7. The Morgan fingerprint density at radius 2 is 1.13 bits per heavy atom. The maximum Gasteiger partial charge on any atom is 0.0116 e. The molecule has 0 saturated heterocycles. The maximum atomic E-state index is 3.70. The van der Waals surface area contributed by atoms with Crippen molar-refractivity contribution in [3.8, 4) is 0 Å². The Balaban J connectivity index is 0. The zero-order valence-corrected chi connectivity index (χ0v) is 10.5. The van der Waals surface area contributed by atoms with Gasteiger partial charge in [-0.15, -0.1) is 0 Å². The van der Waals surface area contributed by atoms with Crippen LogP contribution in [0.1, 0.15) is 13.8 Å². The number of allylic oxidation sites excluding steroid dienone is 6. The van der Waals surface area contributed by atoms with Crippen LogP contribution in [0.3, 0.4) is 0 Å². The first-order valence-electron chi connectivity index (χ1n) is 4.86. The molecule has 0 radical (unpaired) electrons. The number of rotatable bonds is 6. The molecule has 0 aliphatic carbocycles. The van der Waals surface area contributed by atoms with Crippen LogP contribution in [-0.4, -0.2) is 0 Å². The summed E-state index contributed by atoms with van der Waals surface area (Å²) >= 11 is 1.58. The predicted molar refractivity (Wildman–Crippen MR) is 75.9 cm³/mol. The van der Waals surface area contributed by atoms with Gasteiger partial charge in [0, 0.05) is 9.81 Å². The Labute approximate surface area is 98.5 Å². The van der Waals surface area contributed by atoms with Crippen molar-refractivity contribution in [2.75, 3.05) is 0 Å². The van der Waals surface area contributed by atoms with Gasteiger partial charge >= 0.3 is 0 Å². The second kappa shape index (κ2) is 12.8. The van der Waals surface area contributed by atoms with E-state index in [9.17, 15) is 0 Å². The van der Waals surface area contributed by atoms with E-state index in [0.29, 0.717) is 0 Å². The van der Waals surface area contributed by atoms with E-state index in [2.05, 4.69) is 26.3 Å². The average molecular weight is 220 g/mol. The van der Waals surface area contributed by atoms with E-state index in [1.807, 2.05) is 26.0 Å². The number of hydrogen-bond donors (Lipinski definition) is 0. The molecule has 15 heavy (non-hydrogen) atoms. The van der Waals surface area contributed by atoms with Gasteiger partial charge in [0.05, 0.1) is 0 Å². The molecule has 0 amide bonds. The molecule has 0 rings (SSSR count). The van der Waals surface area contributed by atoms with Crippen LogP contribution in [0.5, 0.6) is 0 Å². The molecule has 0 aromatic heterocycles. The van der Waals surface area contributed by atoms with E-state index in [1.165, 1.54) is 0 Å². The summed E-state index contributed by atoms with van der Waals surface area (Å²) in [5.41, 5.74) is 0. The van der Waals surface area contributed by atoms with Crippen LogP contribution in [0.25, 0.3) is 0 Å². The van der Waals surface area contributed by atoms with Crippen LogP contribution < -0.4 is 0 Å². The van der Waals surface area contributed by atoms with E-state index in [-0.39, 0.29) is 0 Å². The molecule has 82 valence electrons. The zero-order valence-electron chi connectivity index (χ0n) is 9.70. The molecule has 1 heteroatoms. The van der Waals surface area contributed by atoms with Gasteiger partial charge in [-0.3, -0.25) is 0 Å². The molecule has 0 aliphatic rings. The van der Waals surface area contributed by atoms with Crippen molar-refractivity contribution in [3.05, 3.63) is 72.6 Å². The molecule has 0 heterocycles. The second-order valence-corrected chi connectivity index (χ2v) is 3.27. The molecule has 0 nitrogen and oxygen atoms in total. The van der Waals surface area contributed by atoms with Crippen LogP contribution in [0.2, 0.25) is 0 Å². The smallest absolute Gasteiger partial charge is 0.0116 e. The standard InChI is InChI=1S/C12H14S.C2H6/c1-5-9-11(7-3)13-12(8-4)10-6-2;1-2/h5-10H,1-4H2;1-2H3/b11-9+,12-10+;. The van der Waals surface area contributed by atoms with Crippen LogP contribution in [0.4, 0.5) is 0 Å². The van der Waals surface area contributed by atoms with Crippen molar-refractivity contribution < 1.29 is 0 Å². The van der Waals surface area contributed by atoms with E-state index in [0.717, 1.165) is 9.81 Å². The fraction of sp³-hybridized carbons (Fsp3) is 0.143. The highest BCUT2D eigenvalue weighted by molar-refractivity contribution is 8.07. The van der Waals surface area contributed by atoms with Crippen LogP contribution in [0.15, 0.2) is 72.6 Å². The summed E-state index contributed by atoms with van der Waals surface area (Å²) in [6.07, 6.45) is 10.8. The lowest BCUT2D eigenvalue weighted by molar-refractivity contribution is 1.50. The van der Waals surface area contributed by atoms with Gasteiger partial charge in [0.15, 0.2) is 0 Å². The summed E-state index contributed by atoms with van der Waals surface area (Å²) in [5, 5.41) is 0. The van der Waals surface area contributed by atoms with Crippen LogP contribution in [-0.2, 0) is 0 Å². The highest BCUT2D eigenvalue weighted by Crippen LogP contribution is 2.26. The third-order valence-corrected chi connectivity index (χ3v) is 2.28. The van der Waals surface area contributed by atoms with Gasteiger partial charge in [0.2, 0.25) is 0 Å². The minimum Gasteiger partial charge on any atom is -0.0990 e. The Morgan fingerprint density at radius 1 is 0.800 bits per heavy atom. The maximum absolute atomic E-state index is 3.70. The number of hydrogen-bond acceptors (Lipinski definition) is 1. The molecular weight excluding hydrogens is 200 g/mol. The monoisotopic (exact) mass is 220 g/mol. The first-order chi connectivity index (χ1) is 7.28. The molecule has 0 N–H and O–H groups in total. The van der Waals surface area contributed by atoms with Crippen molar-refractivity contribution in [1.82, 2.24) is 0 Å². The summed E-state index contributed by atoms with van der Waals surface area (Å²) in [6, 6.07) is 0. The average Bonchev–Trinajstić information content (AvgIpc) is 2.30. The normalized spacial score (nSPS) is 10.8. The summed E-state index contributed by atoms with van der Waals surface area (Å²) in [7, 11) is 0. The molecule has 0 bridgehead atoms. The SMILES string of the molecule is C=C/C=C(\C=C)S/C(C=C)=C/C=C.CC. The lowest BCUT2D eigenvalue weighted by Gasteiger charge is -2.00. The van der Waals surface area contributed by atoms with Gasteiger partial charge in [-0.05, 0) is 12.2 Å². The third kappa shape index (κ3) is 9.10. The number of thioether (sulfide) groups is 1. The van der Waals surface area contributed by atoms with Crippen molar-refractivity contribution in [2.45, 2.75) is 13.8 Å². The van der Waals surface area contributed by atoms with Gasteiger partial charge in [-0.1, -0.05) is 76.2 Å². The van der Waals surface area contributed by atoms with Gasteiger partial charge in [0.25, 0.3) is 0 Å². The molecular formula is C14H20S. The first-order valence-corrected chi connectivity index (χ1v) is 5.68. The van der Waals surface area contributed by atoms with Crippen LogP contribution in [0, 0.1) is 0 Å². The highest BCUT2D eigenvalue weighted by atomic mass is 32.2. The van der Waals surface area contributed by atoms with Crippen molar-refractivity contribution in [3.63, 3.8) is 0 Å². The molecule has 0 aliphatic heterocycles. The van der Waals surface area contributed by atoms with E-state index >= 15 is 0 Å². The molecule has 0 aromatic rings. The Hall–Kier alpha value is -1.21. The van der Waals surface area contributed by atoms with Gasteiger partial charge in [-0.2, -0.15) is 0 Å². The first kappa shape index (κ1) is 16.2. The van der Waals surface area contributed by atoms with E-state index in [4.69, 9.17) is 0 Å². The van der Waals surface area contributed by atoms with Gasteiger partial charge < -0.3 is 0 Å². The summed E-state index contributed by atoms with van der Waals surface area (Å²) < 4.78 is 0. The Bertz CT molecular complexity index is 239. The third-order valence-electron chi connectivity index (χ3n) is 1.20. The fourth-order valence-corrected chi connectivity index (χ4v) is 1.42. The van der Waals surface area contributed by atoms with Gasteiger partial charge in [-0.25, -0.2) is 0 Å². The van der Waals surface area contributed by atoms with Crippen molar-refractivity contribution in [2.24, 2.45) is 0 Å². The minimum absolute atomic E-state index is 1.04. The molecule has 0 atom stereocenters. The minimum atomic E-state index is 1.04. The van der Waals surface area contributed by atoms with Gasteiger partial charge in [0.1, 0.15) is 0 Å². The van der Waals surface area contributed by atoms with E-state index in [1.54, 1.807) is 36.1 Å². The lowest BCUT2D eigenvalue weighted by Crippen LogP contribution is -1.71. The van der Waals surface area contributed by atoms with Crippen molar-refractivity contribution >= 4 is 11.8 Å². The van der Waals surface area contributed by atoms with E-state index < -0.39 is 0 Å². The lowest BCUT2D eigenvalue weighted by atomic mass is 10.5. The molecule has 0 fully saturated rings. The molecule has 0 saturated carbocycles. The molecule has 0 aromatic carbocycles. The molecule has 0 spiro atoms. The largest absolute Gasteiger partial charge is 0.0990 e. The second-order valence-electron chi connectivity index (χ2n) is 2.12. The summed E-state index contributed by atoms with van der Waals surface area (Å²) in [4.78, 5) is 2.09. The van der Waals surface area contributed by atoms with Crippen molar-refractivity contribution in [1.29, 1.82) is 0 Å². The fourth-order valence-electron chi connectivity index (χ4n) is 0.656. The zero-order chi connectivity index (χ0) is 12.1. The predicted octanol–water partition coefficient (Wildman–Crippen LogP) is 5.26.